The van der Waals surface area contributed by atoms with Crippen molar-refractivity contribution in [3.8, 4) is 0 Å². The fourth-order valence-corrected chi connectivity index (χ4v) is 3.72. The van der Waals surface area contributed by atoms with E-state index in [1.807, 2.05) is 18.4 Å². The van der Waals surface area contributed by atoms with E-state index in [9.17, 15) is 5.11 Å². The third kappa shape index (κ3) is 2.33. The molecule has 0 spiro atoms. The van der Waals surface area contributed by atoms with Crippen LogP contribution < -0.4 is 5.32 Å². The predicted octanol–water partition coefficient (Wildman–Crippen LogP) is 3.74. The summed E-state index contributed by atoms with van der Waals surface area (Å²) in [6, 6.07) is 15.1. The zero-order valence-electron chi connectivity index (χ0n) is 11.8. The maximum absolute atomic E-state index is 10.1. The molecule has 1 heterocycles. The number of aliphatic hydroxyl groups excluding tert-OH is 1. The van der Waals surface area contributed by atoms with E-state index in [0.29, 0.717) is 6.54 Å². The van der Waals surface area contributed by atoms with Gasteiger partial charge in [-0.2, -0.15) is 0 Å². The summed E-state index contributed by atoms with van der Waals surface area (Å²) in [4.78, 5) is 0. The largest absolute Gasteiger partial charge is 0.391 e. The van der Waals surface area contributed by atoms with Gasteiger partial charge in [-0.05, 0) is 30.8 Å². The number of likely N-dealkylation sites (N-methyl/N-ethyl adjacent to an activating group) is 1. The number of benzene rings is 2. The average molecular weight is 285 g/mol. The minimum absolute atomic E-state index is 0.130. The lowest BCUT2D eigenvalue weighted by Gasteiger charge is -2.19. The highest BCUT2D eigenvalue weighted by Gasteiger charge is 2.16. The van der Waals surface area contributed by atoms with Crippen molar-refractivity contribution in [2.24, 2.45) is 0 Å². The van der Waals surface area contributed by atoms with Gasteiger partial charge in [0.1, 0.15) is 0 Å². The van der Waals surface area contributed by atoms with Crippen molar-refractivity contribution < 1.29 is 5.11 Å². The summed E-state index contributed by atoms with van der Waals surface area (Å²) < 4.78 is 2.63. The number of thiophene rings is 1. The van der Waals surface area contributed by atoms with Gasteiger partial charge in [-0.25, -0.2) is 0 Å². The van der Waals surface area contributed by atoms with Crippen molar-refractivity contribution >= 4 is 31.5 Å². The van der Waals surface area contributed by atoms with Gasteiger partial charge in [-0.3, -0.25) is 0 Å². The van der Waals surface area contributed by atoms with Crippen molar-refractivity contribution in [3.05, 3.63) is 48.0 Å². The van der Waals surface area contributed by atoms with Crippen LogP contribution in [0.2, 0.25) is 0 Å². The molecule has 0 fully saturated rings. The number of fused-ring (bicyclic) bond motifs is 3. The van der Waals surface area contributed by atoms with Gasteiger partial charge < -0.3 is 10.4 Å². The van der Waals surface area contributed by atoms with Gasteiger partial charge in [-0.1, -0.05) is 31.2 Å². The first-order valence-corrected chi connectivity index (χ1v) is 7.76. The Labute approximate surface area is 123 Å². The minimum Gasteiger partial charge on any atom is -0.391 e. The monoisotopic (exact) mass is 285 g/mol. The van der Waals surface area contributed by atoms with Gasteiger partial charge in [0.15, 0.2) is 0 Å². The molecule has 0 amide bonds. The van der Waals surface area contributed by atoms with Crippen molar-refractivity contribution in [1.29, 1.82) is 0 Å². The molecular formula is C17H19NOS. The highest BCUT2D eigenvalue weighted by atomic mass is 32.1. The Hall–Kier alpha value is -1.42. The molecule has 0 aliphatic rings. The van der Waals surface area contributed by atoms with Crippen LogP contribution in [0.1, 0.15) is 18.4 Å². The van der Waals surface area contributed by atoms with Crippen LogP contribution in [0.3, 0.4) is 0 Å². The predicted molar refractivity (Wildman–Crippen MR) is 87.7 cm³/mol. The molecule has 3 rings (SSSR count). The molecule has 2 atom stereocenters. The maximum atomic E-state index is 10.1. The maximum Gasteiger partial charge on any atom is 0.0730 e. The third-order valence-electron chi connectivity index (χ3n) is 3.92. The lowest BCUT2D eigenvalue weighted by Crippen LogP contribution is -2.28. The number of hydrogen-bond donors (Lipinski definition) is 2. The molecule has 2 aromatic carbocycles. The summed E-state index contributed by atoms with van der Waals surface area (Å²) in [5.41, 5.74) is 1.20. The van der Waals surface area contributed by atoms with Crippen LogP contribution in [0.4, 0.5) is 0 Å². The van der Waals surface area contributed by atoms with Gasteiger partial charge >= 0.3 is 0 Å². The average Bonchev–Trinajstić information content (AvgIpc) is 2.84. The lowest BCUT2D eigenvalue weighted by molar-refractivity contribution is 0.149. The Morgan fingerprint density at radius 1 is 1.10 bits per heavy atom. The molecular weight excluding hydrogens is 266 g/mol. The molecule has 0 aliphatic carbocycles. The highest BCUT2D eigenvalue weighted by Crippen LogP contribution is 2.35. The molecule has 104 valence electrons. The number of hydrogen-bond acceptors (Lipinski definition) is 3. The van der Waals surface area contributed by atoms with Crippen molar-refractivity contribution in [2.45, 2.75) is 18.9 Å². The second-order valence-electron chi connectivity index (χ2n) is 5.27. The molecule has 1 aromatic heterocycles. The minimum atomic E-state index is -0.359. The van der Waals surface area contributed by atoms with Crippen molar-refractivity contribution in [1.82, 2.24) is 5.32 Å². The number of nitrogens with one attached hydrogen (secondary N) is 1. The first kappa shape index (κ1) is 13.6. The van der Waals surface area contributed by atoms with Crippen LogP contribution in [0.15, 0.2) is 42.5 Å². The van der Waals surface area contributed by atoms with E-state index < -0.39 is 0 Å². The van der Waals surface area contributed by atoms with E-state index in [1.165, 1.54) is 25.7 Å². The van der Waals surface area contributed by atoms with Crippen LogP contribution in [-0.2, 0) is 0 Å². The van der Waals surface area contributed by atoms with E-state index >= 15 is 0 Å². The third-order valence-corrected chi connectivity index (χ3v) is 5.07. The number of rotatable bonds is 4. The molecule has 0 saturated heterocycles. The summed E-state index contributed by atoms with van der Waals surface area (Å²) in [6.07, 6.45) is -0.359. The summed E-state index contributed by atoms with van der Waals surface area (Å²) in [5, 5.41) is 15.8. The SMILES string of the molecule is CNCC(O)C(C)c1ccc2sc3ccccc3c2c1. The summed E-state index contributed by atoms with van der Waals surface area (Å²) in [6.45, 7) is 2.70. The second-order valence-corrected chi connectivity index (χ2v) is 6.35. The van der Waals surface area contributed by atoms with E-state index in [2.05, 4.69) is 54.7 Å². The van der Waals surface area contributed by atoms with E-state index in [-0.39, 0.29) is 12.0 Å². The molecule has 20 heavy (non-hydrogen) atoms. The first-order valence-electron chi connectivity index (χ1n) is 6.94. The Morgan fingerprint density at radius 3 is 2.65 bits per heavy atom. The van der Waals surface area contributed by atoms with Crippen molar-refractivity contribution in [2.75, 3.05) is 13.6 Å². The highest BCUT2D eigenvalue weighted by molar-refractivity contribution is 7.25. The Balaban J connectivity index is 2.07. The Kier molecular flexibility index (Phi) is 3.74. The second kappa shape index (κ2) is 5.52. The van der Waals surface area contributed by atoms with Gasteiger partial charge in [-0.15, -0.1) is 11.3 Å². The van der Waals surface area contributed by atoms with Gasteiger partial charge in [0, 0.05) is 32.6 Å². The van der Waals surface area contributed by atoms with Gasteiger partial charge in [0.2, 0.25) is 0 Å². The van der Waals surface area contributed by atoms with Crippen molar-refractivity contribution in [3.63, 3.8) is 0 Å². The van der Waals surface area contributed by atoms with Crippen LogP contribution in [-0.4, -0.2) is 24.8 Å². The standard InChI is InChI=1S/C17H19NOS/c1-11(15(19)10-18-2)12-7-8-17-14(9-12)13-5-3-4-6-16(13)20-17/h3-9,11,15,18-19H,10H2,1-2H3. The Morgan fingerprint density at radius 2 is 1.85 bits per heavy atom. The van der Waals surface area contributed by atoms with Crippen LogP contribution in [0, 0.1) is 0 Å². The molecule has 0 bridgehead atoms. The van der Waals surface area contributed by atoms with Gasteiger partial charge in [0.25, 0.3) is 0 Å². The van der Waals surface area contributed by atoms with E-state index in [0.717, 1.165) is 0 Å². The summed E-state index contributed by atoms with van der Waals surface area (Å²) in [7, 11) is 1.87. The van der Waals surface area contributed by atoms with Crippen LogP contribution in [0.5, 0.6) is 0 Å². The fourth-order valence-electron chi connectivity index (χ4n) is 2.63. The zero-order valence-corrected chi connectivity index (χ0v) is 12.6. The summed E-state index contributed by atoms with van der Waals surface area (Å²) in [5.74, 6) is 0.130. The first-order chi connectivity index (χ1) is 9.70. The Bertz CT molecular complexity index is 734. The van der Waals surface area contributed by atoms with E-state index in [4.69, 9.17) is 0 Å². The fraction of sp³-hybridized carbons (Fsp3) is 0.294. The molecule has 0 aliphatic heterocycles. The lowest BCUT2D eigenvalue weighted by atomic mass is 9.94. The number of aliphatic hydroxyl groups is 1. The molecule has 0 saturated carbocycles. The molecule has 2 nitrogen and oxygen atoms in total. The molecule has 2 N–H and O–H groups in total. The normalized spacial score (nSPS) is 14.8. The van der Waals surface area contributed by atoms with E-state index in [1.54, 1.807) is 0 Å². The molecule has 3 heteroatoms. The summed E-state index contributed by atoms with van der Waals surface area (Å²) >= 11 is 1.83. The zero-order chi connectivity index (χ0) is 14.1. The topological polar surface area (TPSA) is 32.3 Å². The van der Waals surface area contributed by atoms with Gasteiger partial charge in [0.05, 0.1) is 6.10 Å². The molecule has 3 aromatic rings. The van der Waals surface area contributed by atoms with Crippen LogP contribution >= 0.6 is 11.3 Å². The van der Waals surface area contributed by atoms with Crippen LogP contribution in [0.25, 0.3) is 20.2 Å². The molecule has 2 unspecified atom stereocenters. The smallest absolute Gasteiger partial charge is 0.0730 e. The quantitative estimate of drug-likeness (QED) is 0.765. The molecule has 0 radical (unpaired) electrons.